The number of hydrogen-bond donors (Lipinski definition) is 0. The van der Waals surface area contributed by atoms with Crippen molar-refractivity contribution in [2.75, 3.05) is 45.8 Å². The average Bonchev–Trinajstić information content (AvgIpc) is 2.19. The maximum atomic E-state index is 5.51. The number of rotatable bonds is 3. The first-order valence-corrected chi connectivity index (χ1v) is 5.25. The molecule has 1 atom stereocenters. The van der Waals surface area contributed by atoms with Gasteiger partial charge >= 0.3 is 0 Å². The van der Waals surface area contributed by atoms with E-state index in [0.717, 1.165) is 26.2 Å². The first-order chi connectivity index (χ1) is 6.86. The number of methoxy groups -OCH3 is 1. The molecule has 1 aliphatic rings. The Morgan fingerprint density at radius 2 is 2.33 bits per heavy atom. The first-order valence-electron chi connectivity index (χ1n) is 4.71. The van der Waals surface area contributed by atoms with Crippen LogP contribution in [0.3, 0.4) is 0 Å². The van der Waals surface area contributed by atoms with Gasteiger partial charge in [0.15, 0.2) is 0 Å². The molecule has 0 amide bonds. The fourth-order valence-electron chi connectivity index (χ4n) is 1.43. The van der Waals surface area contributed by atoms with Gasteiger partial charge in [0, 0.05) is 20.2 Å². The zero-order chi connectivity index (χ0) is 10.2. The molecular formula is C10H17Cl2NO2. The van der Waals surface area contributed by atoms with E-state index in [1.54, 1.807) is 7.11 Å². The molecule has 0 radical (unpaired) electrons. The number of hydrogen-bond acceptors (Lipinski definition) is 3. The predicted octanol–water partition coefficient (Wildman–Crippen LogP) is 0.998. The maximum absolute atomic E-state index is 5.51. The lowest BCUT2D eigenvalue weighted by Crippen LogP contribution is -2.44. The second kappa shape index (κ2) is 9.26. The zero-order valence-electron chi connectivity index (χ0n) is 8.87. The predicted molar refractivity (Wildman–Crippen MR) is 63.8 cm³/mol. The molecule has 1 fully saturated rings. The number of alkyl halides is 1. The lowest BCUT2D eigenvalue weighted by Gasteiger charge is -2.31. The molecule has 1 saturated heterocycles. The molecule has 1 aliphatic heterocycles. The van der Waals surface area contributed by atoms with Gasteiger partial charge in [-0.15, -0.1) is 24.0 Å². The summed E-state index contributed by atoms with van der Waals surface area (Å²) in [5.74, 6) is 6.27. The van der Waals surface area contributed by atoms with E-state index in [9.17, 15) is 0 Å². The van der Waals surface area contributed by atoms with Crippen LogP contribution >= 0.6 is 24.0 Å². The summed E-state index contributed by atoms with van der Waals surface area (Å²) in [7, 11) is 1.69. The third-order valence-corrected chi connectivity index (χ3v) is 2.20. The van der Waals surface area contributed by atoms with Crippen molar-refractivity contribution in [3.8, 4) is 11.8 Å². The van der Waals surface area contributed by atoms with E-state index in [1.165, 1.54) is 0 Å². The SMILES string of the molecule is COC[C@@H]1CN(CC#CCCl)CCO1.Cl. The summed E-state index contributed by atoms with van der Waals surface area (Å²) in [4.78, 5) is 2.26. The third-order valence-electron chi connectivity index (χ3n) is 2.07. The Morgan fingerprint density at radius 3 is 3.00 bits per heavy atom. The van der Waals surface area contributed by atoms with Gasteiger partial charge in [-0.1, -0.05) is 11.8 Å². The highest BCUT2D eigenvalue weighted by molar-refractivity contribution is 6.19. The van der Waals surface area contributed by atoms with Gasteiger partial charge in [-0.25, -0.2) is 0 Å². The van der Waals surface area contributed by atoms with Crippen LogP contribution in [0.1, 0.15) is 0 Å². The third kappa shape index (κ3) is 6.24. The topological polar surface area (TPSA) is 21.7 Å². The Balaban J connectivity index is 0.00000196. The van der Waals surface area contributed by atoms with Gasteiger partial charge in [0.05, 0.1) is 31.7 Å². The molecule has 0 bridgehead atoms. The molecule has 0 aromatic heterocycles. The zero-order valence-corrected chi connectivity index (χ0v) is 10.4. The van der Waals surface area contributed by atoms with Crippen LogP contribution in [0.15, 0.2) is 0 Å². The van der Waals surface area contributed by atoms with Gasteiger partial charge in [0.2, 0.25) is 0 Å². The molecule has 0 N–H and O–H groups in total. The van der Waals surface area contributed by atoms with Crippen molar-refractivity contribution in [2.45, 2.75) is 6.10 Å². The summed E-state index contributed by atoms with van der Waals surface area (Å²) in [6, 6.07) is 0. The fraction of sp³-hybridized carbons (Fsp3) is 0.800. The second-order valence-electron chi connectivity index (χ2n) is 3.17. The summed E-state index contributed by atoms with van der Waals surface area (Å²) < 4.78 is 10.6. The van der Waals surface area contributed by atoms with Crippen LogP contribution in [-0.4, -0.2) is 56.8 Å². The van der Waals surface area contributed by atoms with Crippen molar-refractivity contribution >= 4 is 24.0 Å². The van der Waals surface area contributed by atoms with Crippen molar-refractivity contribution in [1.82, 2.24) is 4.90 Å². The lowest BCUT2D eigenvalue weighted by atomic mass is 10.3. The number of ether oxygens (including phenoxy) is 2. The van der Waals surface area contributed by atoms with Gasteiger partial charge in [-0.2, -0.15) is 0 Å². The molecule has 88 valence electrons. The van der Waals surface area contributed by atoms with Gasteiger partial charge in [0.1, 0.15) is 0 Å². The Morgan fingerprint density at radius 1 is 1.53 bits per heavy atom. The van der Waals surface area contributed by atoms with Crippen molar-refractivity contribution in [1.29, 1.82) is 0 Å². The molecule has 0 saturated carbocycles. The minimum Gasteiger partial charge on any atom is -0.382 e. The van der Waals surface area contributed by atoms with E-state index < -0.39 is 0 Å². The molecule has 3 nitrogen and oxygen atoms in total. The van der Waals surface area contributed by atoms with Crippen molar-refractivity contribution in [3.05, 3.63) is 0 Å². The highest BCUT2D eigenvalue weighted by Crippen LogP contribution is 2.04. The normalized spacial score (nSPS) is 21.3. The van der Waals surface area contributed by atoms with Crippen LogP contribution in [0, 0.1) is 11.8 Å². The highest BCUT2D eigenvalue weighted by Gasteiger charge is 2.18. The van der Waals surface area contributed by atoms with Crippen molar-refractivity contribution < 1.29 is 9.47 Å². The number of halogens is 2. The Labute approximate surface area is 102 Å². The fourth-order valence-corrected chi connectivity index (χ4v) is 1.52. The van der Waals surface area contributed by atoms with Crippen molar-refractivity contribution in [2.24, 2.45) is 0 Å². The van der Waals surface area contributed by atoms with Crippen LogP contribution in [0.25, 0.3) is 0 Å². The van der Waals surface area contributed by atoms with E-state index in [2.05, 4.69) is 16.7 Å². The smallest absolute Gasteiger partial charge is 0.0935 e. The van der Waals surface area contributed by atoms with Crippen LogP contribution < -0.4 is 0 Å². The minimum absolute atomic E-state index is 0. The highest BCUT2D eigenvalue weighted by atomic mass is 35.5. The molecular weight excluding hydrogens is 237 g/mol. The second-order valence-corrected chi connectivity index (χ2v) is 3.44. The van der Waals surface area contributed by atoms with Gasteiger partial charge < -0.3 is 9.47 Å². The molecule has 15 heavy (non-hydrogen) atoms. The summed E-state index contributed by atoms with van der Waals surface area (Å²) >= 11 is 5.46. The van der Waals surface area contributed by atoms with Gasteiger partial charge in [-0.3, -0.25) is 4.90 Å². The lowest BCUT2D eigenvalue weighted by molar-refractivity contribution is -0.0575. The molecule has 0 aromatic rings. The summed E-state index contributed by atoms with van der Waals surface area (Å²) in [5.41, 5.74) is 0. The molecule has 0 spiro atoms. The van der Waals surface area contributed by atoms with Gasteiger partial charge in [-0.05, 0) is 0 Å². The van der Waals surface area contributed by atoms with Crippen LogP contribution in [0.4, 0.5) is 0 Å². The number of morpholine rings is 1. The maximum Gasteiger partial charge on any atom is 0.0935 e. The largest absolute Gasteiger partial charge is 0.382 e. The number of nitrogens with zero attached hydrogens (tertiary/aromatic N) is 1. The Bertz CT molecular complexity index is 213. The monoisotopic (exact) mass is 253 g/mol. The van der Waals surface area contributed by atoms with E-state index in [0.29, 0.717) is 12.5 Å². The van der Waals surface area contributed by atoms with Crippen molar-refractivity contribution in [3.63, 3.8) is 0 Å². The van der Waals surface area contributed by atoms with Crippen LogP contribution in [0.5, 0.6) is 0 Å². The molecule has 1 rings (SSSR count). The van der Waals surface area contributed by atoms with Crippen LogP contribution in [-0.2, 0) is 9.47 Å². The summed E-state index contributed by atoms with van der Waals surface area (Å²) in [5, 5.41) is 0. The van der Waals surface area contributed by atoms with Gasteiger partial charge in [0.25, 0.3) is 0 Å². The molecule has 1 heterocycles. The van der Waals surface area contributed by atoms with Crippen LogP contribution in [0.2, 0.25) is 0 Å². The Hall–Kier alpha value is 0.0200. The molecule has 0 aliphatic carbocycles. The van der Waals surface area contributed by atoms with E-state index in [4.69, 9.17) is 21.1 Å². The average molecular weight is 254 g/mol. The minimum atomic E-state index is 0. The van der Waals surface area contributed by atoms with E-state index in [1.807, 2.05) is 0 Å². The molecule has 5 heteroatoms. The standard InChI is InChI=1S/C10H16ClNO2.ClH/c1-13-9-10-8-12(6-7-14-10)5-3-2-4-11;/h10H,4-9H2,1H3;1H/t10-;/m0./s1. The summed E-state index contributed by atoms with van der Waals surface area (Å²) in [6.45, 7) is 4.02. The Kier molecular flexibility index (Phi) is 9.27. The van der Waals surface area contributed by atoms with E-state index >= 15 is 0 Å². The quantitative estimate of drug-likeness (QED) is 0.554. The first kappa shape index (κ1) is 15.0. The van der Waals surface area contributed by atoms with E-state index in [-0.39, 0.29) is 18.5 Å². The summed E-state index contributed by atoms with van der Waals surface area (Å²) in [6.07, 6.45) is 0.187. The molecule has 0 unspecified atom stereocenters. The molecule has 0 aromatic carbocycles.